The Morgan fingerprint density at radius 2 is 0.875 bits per heavy atom. The third-order valence-electron chi connectivity index (χ3n) is 12.8. The molecule has 2 aliphatic rings. The van der Waals surface area contributed by atoms with Crippen LogP contribution in [0.25, 0.3) is 60.9 Å². The summed E-state index contributed by atoms with van der Waals surface area (Å²) in [5.41, 5.74) is 20.1. The Kier molecular flexibility index (Phi) is 6.98. The van der Waals surface area contributed by atoms with Gasteiger partial charge in [-0.2, -0.15) is 0 Å². The minimum atomic E-state index is -0.106. The van der Waals surface area contributed by atoms with Crippen molar-refractivity contribution in [3.8, 4) is 39.1 Å². The highest BCUT2D eigenvalue weighted by Crippen LogP contribution is 2.53. The Hall–Kier alpha value is -6.64. The quantitative estimate of drug-likeness (QED) is 0.172. The number of nitrogens with zero attached hydrogens (tertiary/aromatic N) is 2. The molecule has 0 spiro atoms. The number of benzene rings is 8. The largest absolute Gasteiger partial charge is 0.310 e. The first-order valence-corrected chi connectivity index (χ1v) is 19.8. The molecule has 0 saturated heterocycles. The first kappa shape index (κ1) is 32.8. The summed E-state index contributed by atoms with van der Waals surface area (Å²) < 4.78 is 2.38. The van der Waals surface area contributed by atoms with Crippen molar-refractivity contribution >= 4 is 38.9 Å². The zero-order chi connectivity index (χ0) is 37.8. The third-order valence-corrected chi connectivity index (χ3v) is 12.8. The van der Waals surface area contributed by atoms with E-state index in [4.69, 9.17) is 0 Å². The lowest BCUT2D eigenvalue weighted by atomic mass is 9.82. The number of anilines is 3. The summed E-state index contributed by atoms with van der Waals surface area (Å²) in [5, 5.41) is 2.51. The van der Waals surface area contributed by atoms with Crippen LogP contribution in [-0.2, 0) is 10.8 Å². The maximum atomic E-state index is 2.47. The van der Waals surface area contributed by atoms with Gasteiger partial charge in [0.05, 0.1) is 11.0 Å². The molecular weight excluding hydrogens is 677 g/mol. The lowest BCUT2D eigenvalue weighted by molar-refractivity contribution is 0.660. The molecule has 11 rings (SSSR count). The third kappa shape index (κ3) is 4.69. The van der Waals surface area contributed by atoms with E-state index >= 15 is 0 Å². The first-order chi connectivity index (χ1) is 27.3. The van der Waals surface area contributed by atoms with Gasteiger partial charge in [-0.1, -0.05) is 143 Å². The van der Waals surface area contributed by atoms with E-state index in [1.807, 2.05) is 0 Å². The van der Waals surface area contributed by atoms with Crippen LogP contribution in [0.2, 0.25) is 0 Å². The molecule has 56 heavy (non-hydrogen) atoms. The molecule has 0 atom stereocenters. The van der Waals surface area contributed by atoms with Crippen LogP contribution in [0.5, 0.6) is 0 Å². The summed E-state index contributed by atoms with van der Waals surface area (Å²) in [6.07, 6.45) is 0. The van der Waals surface area contributed by atoms with E-state index in [0.717, 1.165) is 17.1 Å². The van der Waals surface area contributed by atoms with Gasteiger partial charge in [-0.25, -0.2) is 0 Å². The van der Waals surface area contributed by atoms with Crippen LogP contribution in [-0.4, -0.2) is 4.57 Å². The van der Waals surface area contributed by atoms with E-state index in [0.29, 0.717) is 0 Å². The molecule has 0 saturated carbocycles. The van der Waals surface area contributed by atoms with Crippen molar-refractivity contribution in [2.24, 2.45) is 0 Å². The van der Waals surface area contributed by atoms with Crippen molar-refractivity contribution in [1.82, 2.24) is 4.57 Å². The molecule has 1 heterocycles. The predicted octanol–water partition coefficient (Wildman–Crippen LogP) is 14.5. The standard InChI is InChI=1S/C54H42N2/c1-53(2)47-22-11-8-19-41(47)43-28-26-39(33-49(43)53)55(40-27-29-44-42-20-9-12-23-48(42)54(3,4)50(44)34-40)38-18-14-15-35(31-38)36-25-30-52-46(32-36)45-21-10-13-24-51(45)56(52)37-16-6-5-7-17-37/h5-34H,1-4H3. The van der Waals surface area contributed by atoms with Crippen LogP contribution < -0.4 is 4.90 Å². The average Bonchev–Trinajstić information content (AvgIpc) is 3.78. The van der Waals surface area contributed by atoms with Gasteiger partial charge in [-0.15, -0.1) is 0 Å². The van der Waals surface area contributed by atoms with Crippen molar-refractivity contribution in [3.05, 3.63) is 204 Å². The Morgan fingerprint density at radius 1 is 0.357 bits per heavy atom. The van der Waals surface area contributed by atoms with Crippen molar-refractivity contribution < 1.29 is 0 Å². The molecule has 0 radical (unpaired) electrons. The Morgan fingerprint density at radius 3 is 1.54 bits per heavy atom. The highest BCUT2D eigenvalue weighted by molar-refractivity contribution is 6.10. The second kappa shape index (κ2) is 11.9. The van der Waals surface area contributed by atoms with E-state index in [1.54, 1.807) is 0 Å². The van der Waals surface area contributed by atoms with Gasteiger partial charge in [0.25, 0.3) is 0 Å². The summed E-state index contributed by atoms with van der Waals surface area (Å²) >= 11 is 0. The van der Waals surface area contributed by atoms with E-state index in [2.05, 4.69) is 219 Å². The average molecular weight is 719 g/mol. The lowest BCUT2D eigenvalue weighted by Gasteiger charge is -2.30. The second-order valence-electron chi connectivity index (χ2n) is 16.6. The van der Waals surface area contributed by atoms with Crippen LogP contribution in [0, 0.1) is 0 Å². The number of aromatic nitrogens is 1. The second-order valence-corrected chi connectivity index (χ2v) is 16.6. The van der Waals surface area contributed by atoms with Crippen LogP contribution in [0.3, 0.4) is 0 Å². The summed E-state index contributed by atoms with van der Waals surface area (Å²) in [7, 11) is 0. The summed E-state index contributed by atoms with van der Waals surface area (Å²) in [6, 6.07) is 67.6. The molecule has 0 amide bonds. The smallest absolute Gasteiger partial charge is 0.0541 e. The van der Waals surface area contributed by atoms with Gasteiger partial charge in [0.2, 0.25) is 0 Å². The number of hydrogen-bond acceptors (Lipinski definition) is 1. The maximum absolute atomic E-state index is 2.47. The molecule has 0 aliphatic heterocycles. The lowest BCUT2D eigenvalue weighted by Crippen LogP contribution is -2.18. The zero-order valence-electron chi connectivity index (χ0n) is 32.2. The van der Waals surface area contributed by atoms with Crippen LogP contribution in [0.1, 0.15) is 49.9 Å². The fourth-order valence-corrected chi connectivity index (χ4v) is 9.94. The molecule has 8 aromatic carbocycles. The highest BCUT2D eigenvalue weighted by Gasteiger charge is 2.37. The van der Waals surface area contributed by atoms with Crippen molar-refractivity contribution in [1.29, 1.82) is 0 Å². The summed E-state index contributed by atoms with van der Waals surface area (Å²) in [4.78, 5) is 2.47. The van der Waals surface area contributed by atoms with Crippen molar-refractivity contribution in [2.45, 2.75) is 38.5 Å². The van der Waals surface area contributed by atoms with Gasteiger partial charge in [0.1, 0.15) is 0 Å². The molecule has 0 bridgehead atoms. The fourth-order valence-electron chi connectivity index (χ4n) is 9.94. The molecule has 268 valence electrons. The Labute approximate surface area is 328 Å². The van der Waals surface area contributed by atoms with Gasteiger partial charge >= 0.3 is 0 Å². The Bertz CT molecular complexity index is 2930. The van der Waals surface area contributed by atoms with E-state index in [1.165, 1.54) is 83.1 Å². The maximum Gasteiger partial charge on any atom is 0.0541 e. The molecule has 0 fully saturated rings. The minimum absolute atomic E-state index is 0.106. The summed E-state index contributed by atoms with van der Waals surface area (Å²) in [6.45, 7) is 9.47. The Balaban J connectivity index is 1.09. The van der Waals surface area contributed by atoms with Crippen molar-refractivity contribution in [3.63, 3.8) is 0 Å². The SMILES string of the molecule is CC1(C)c2ccccc2-c2ccc(N(c3cccc(-c4ccc5c(c4)c4ccccc4n5-c4ccccc4)c3)c3ccc4c(c3)C(C)(C)c3ccccc3-4)cc21. The van der Waals surface area contributed by atoms with Crippen LogP contribution in [0.15, 0.2) is 182 Å². The van der Waals surface area contributed by atoms with Gasteiger partial charge in [-0.3, -0.25) is 0 Å². The van der Waals surface area contributed by atoms with Gasteiger partial charge < -0.3 is 9.47 Å². The number of para-hydroxylation sites is 2. The van der Waals surface area contributed by atoms with Crippen molar-refractivity contribution in [2.75, 3.05) is 4.90 Å². The predicted molar refractivity (Wildman–Crippen MR) is 236 cm³/mol. The zero-order valence-corrected chi connectivity index (χ0v) is 32.2. The minimum Gasteiger partial charge on any atom is -0.310 e. The number of rotatable bonds is 5. The molecular formula is C54H42N2. The van der Waals surface area contributed by atoms with Crippen LogP contribution in [0.4, 0.5) is 17.1 Å². The first-order valence-electron chi connectivity index (χ1n) is 19.8. The molecule has 0 N–H and O–H groups in total. The van der Waals surface area contributed by atoms with Gasteiger partial charge in [0, 0.05) is 44.4 Å². The van der Waals surface area contributed by atoms with E-state index in [9.17, 15) is 0 Å². The highest BCUT2D eigenvalue weighted by atomic mass is 15.1. The van der Waals surface area contributed by atoms with Crippen LogP contribution >= 0.6 is 0 Å². The summed E-state index contributed by atoms with van der Waals surface area (Å²) in [5.74, 6) is 0. The number of fused-ring (bicyclic) bond motifs is 9. The molecule has 1 aromatic heterocycles. The normalized spacial score (nSPS) is 14.4. The number of hydrogen-bond donors (Lipinski definition) is 0. The molecule has 2 heteroatoms. The molecule has 9 aromatic rings. The molecule has 0 unspecified atom stereocenters. The topological polar surface area (TPSA) is 8.17 Å². The molecule has 2 nitrogen and oxygen atoms in total. The monoisotopic (exact) mass is 718 g/mol. The van der Waals surface area contributed by atoms with Gasteiger partial charge in [0.15, 0.2) is 0 Å². The van der Waals surface area contributed by atoms with Gasteiger partial charge in [-0.05, 0) is 122 Å². The molecule has 2 aliphatic carbocycles. The van der Waals surface area contributed by atoms with E-state index < -0.39 is 0 Å². The fraction of sp³-hybridized carbons (Fsp3) is 0.111. The van der Waals surface area contributed by atoms with E-state index in [-0.39, 0.29) is 10.8 Å².